The first-order chi connectivity index (χ1) is 15.7. The van der Waals surface area contributed by atoms with Crippen molar-refractivity contribution in [2.75, 3.05) is 20.3 Å². The second-order valence-corrected chi connectivity index (χ2v) is 11.4. The molecule has 0 spiro atoms. The number of amides is 1. The van der Waals surface area contributed by atoms with E-state index in [9.17, 15) is 13.2 Å². The van der Waals surface area contributed by atoms with E-state index in [0.717, 1.165) is 42.5 Å². The van der Waals surface area contributed by atoms with E-state index in [1.807, 2.05) is 49.9 Å². The lowest BCUT2D eigenvalue weighted by molar-refractivity contribution is -0.136. The molecule has 0 unspecified atom stereocenters. The standard InChI is InChI=1S/C25H37N3O4S/c1-19(2)16-28-23(17-27(12-13-32-4)24(29)22-10-5-6-11-22)15-26-25(28)33(30,31)18-21-9-7-8-20(3)14-21/h7-9,14-15,19,22H,5-6,10-13,16-18H2,1-4H3. The molecule has 1 aliphatic carbocycles. The third-order valence-corrected chi connectivity index (χ3v) is 7.70. The number of imidazole rings is 1. The van der Waals surface area contributed by atoms with Crippen LogP contribution in [0.25, 0.3) is 0 Å². The van der Waals surface area contributed by atoms with Crippen molar-refractivity contribution in [1.82, 2.24) is 14.5 Å². The van der Waals surface area contributed by atoms with E-state index in [-0.39, 0.29) is 28.7 Å². The average molecular weight is 476 g/mol. The summed E-state index contributed by atoms with van der Waals surface area (Å²) in [6, 6.07) is 7.54. The molecule has 0 N–H and O–H groups in total. The topological polar surface area (TPSA) is 81.5 Å². The molecule has 3 rings (SSSR count). The van der Waals surface area contributed by atoms with Gasteiger partial charge in [-0.3, -0.25) is 4.79 Å². The van der Waals surface area contributed by atoms with Crippen molar-refractivity contribution in [2.45, 2.75) is 70.5 Å². The molecule has 0 aliphatic heterocycles. The molecule has 0 bridgehead atoms. The van der Waals surface area contributed by atoms with Gasteiger partial charge < -0.3 is 14.2 Å². The van der Waals surface area contributed by atoms with E-state index in [1.54, 1.807) is 17.9 Å². The molecule has 8 heteroatoms. The Labute approximate surface area is 198 Å². The van der Waals surface area contributed by atoms with Crippen LogP contribution in [0.3, 0.4) is 0 Å². The molecular weight excluding hydrogens is 438 g/mol. The van der Waals surface area contributed by atoms with Crippen molar-refractivity contribution in [3.05, 3.63) is 47.3 Å². The third-order valence-electron chi connectivity index (χ3n) is 6.10. The van der Waals surface area contributed by atoms with Crippen LogP contribution in [0.5, 0.6) is 0 Å². The molecule has 1 aromatic carbocycles. The predicted molar refractivity (Wildman–Crippen MR) is 128 cm³/mol. The number of aryl methyl sites for hydroxylation is 1. The van der Waals surface area contributed by atoms with Crippen LogP contribution in [-0.2, 0) is 38.2 Å². The molecular formula is C25H37N3O4S. The number of rotatable bonds is 11. The van der Waals surface area contributed by atoms with Gasteiger partial charge in [0.15, 0.2) is 0 Å². The van der Waals surface area contributed by atoms with Crippen LogP contribution in [0.4, 0.5) is 0 Å². The third kappa shape index (κ3) is 6.67. The van der Waals surface area contributed by atoms with Gasteiger partial charge in [0.1, 0.15) is 0 Å². The van der Waals surface area contributed by atoms with Gasteiger partial charge >= 0.3 is 0 Å². The van der Waals surface area contributed by atoms with E-state index < -0.39 is 9.84 Å². The molecule has 0 saturated heterocycles. The summed E-state index contributed by atoms with van der Waals surface area (Å²) < 4.78 is 33.7. The Morgan fingerprint density at radius 2 is 2.00 bits per heavy atom. The SMILES string of the molecule is COCCN(Cc1cnc(S(=O)(=O)Cc2cccc(C)c2)n1CC(C)C)C(=O)C1CCCC1. The van der Waals surface area contributed by atoms with Crippen molar-refractivity contribution < 1.29 is 17.9 Å². The minimum Gasteiger partial charge on any atom is -0.383 e. The smallest absolute Gasteiger partial charge is 0.228 e. The van der Waals surface area contributed by atoms with Crippen molar-refractivity contribution in [2.24, 2.45) is 11.8 Å². The van der Waals surface area contributed by atoms with E-state index in [2.05, 4.69) is 4.98 Å². The second kappa shape index (κ2) is 11.3. The molecule has 1 amide bonds. The zero-order valence-corrected chi connectivity index (χ0v) is 21.1. The molecule has 1 aliphatic rings. The summed E-state index contributed by atoms with van der Waals surface area (Å²) in [5.41, 5.74) is 2.51. The summed E-state index contributed by atoms with van der Waals surface area (Å²) in [4.78, 5) is 19.4. The van der Waals surface area contributed by atoms with Crippen LogP contribution in [0.2, 0.25) is 0 Å². The molecule has 33 heavy (non-hydrogen) atoms. The van der Waals surface area contributed by atoms with Gasteiger partial charge in [-0.15, -0.1) is 0 Å². The predicted octanol–water partition coefficient (Wildman–Crippen LogP) is 3.99. The number of carbonyl (C=O) groups is 1. The minimum absolute atomic E-state index is 0.0489. The van der Waals surface area contributed by atoms with Gasteiger partial charge in [0.25, 0.3) is 0 Å². The summed E-state index contributed by atoms with van der Waals surface area (Å²) in [6.07, 6.45) is 5.63. The van der Waals surface area contributed by atoms with Crippen LogP contribution in [-0.4, -0.2) is 49.0 Å². The van der Waals surface area contributed by atoms with Gasteiger partial charge in [-0.25, -0.2) is 13.4 Å². The van der Waals surface area contributed by atoms with Crippen LogP contribution < -0.4 is 0 Å². The fraction of sp³-hybridized carbons (Fsp3) is 0.600. The molecule has 1 fully saturated rings. The van der Waals surface area contributed by atoms with Gasteiger partial charge in [0.2, 0.25) is 20.9 Å². The first-order valence-electron chi connectivity index (χ1n) is 11.8. The molecule has 7 nitrogen and oxygen atoms in total. The van der Waals surface area contributed by atoms with E-state index in [0.29, 0.717) is 26.2 Å². The van der Waals surface area contributed by atoms with Crippen LogP contribution in [0.1, 0.15) is 56.4 Å². The van der Waals surface area contributed by atoms with Crippen molar-refractivity contribution in [3.63, 3.8) is 0 Å². The Bertz CT molecular complexity index is 1040. The van der Waals surface area contributed by atoms with Gasteiger partial charge in [-0.1, -0.05) is 56.5 Å². The number of carbonyl (C=O) groups excluding carboxylic acids is 1. The molecule has 182 valence electrons. The highest BCUT2D eigenvalue weighted by atomic mass is 32.2. The highest BCUT2D eigenvalue weighted by Gasteiger charge is 2.30. The zero-order chi connectivity index (χ0) is 24.0. The Balaban J connectivity index is 1.90. The summed E-state index contributed by atoms with van der Waals surface area (Å²) in [6.45, 7) is 7.81. The Hall–Kier alpha value is -2.19. The van der Waals surface area contributed by atoms with Crippen LogP contribution >= 0.6 is 0 Å². The van der Waals surface area contributed by atoms with Crippen molar-refractivity contribution in [3.8, 4) is 0 Å². The summed E-state index contributed by atoms with van der Waals surface area (Å²) in [7, 11) is -2.03. The minimum atomic E-state index is -3.65. The molecule has 0 radical (unpaired) electrons. The number of aromatic nitrogens is 2. The lowest BCUT2D eigenvalue weighted by Gasteiger charge is -2.26. The number of benzene rings is 1. The lowest BCUT2D eigenvalue weighted by atomic mass is 10.1. The molecule has 1 heterocycles. The number of hydrogen-bond acceptors (Lipinski definition) is 5. The van der Waals surface area contributed by atoms with Gasteiger partial charge in [-0.2, -0.15) is 0 Å². The van der Waals surface area contributed by atoms with E-state index >= 15 is 0 Å². The van der Waals surface area contributed by atoms with E-state index in [4.69, 9.17) is 4.74 Å². The summed E-state index contributed by atoms with van der Waals surface area (Å²) in [5.74, 6) is 0.306. The zero-order valence-electron chi connectivity index (χ0n) is 20.3. The largest absolute Gasteiger partial charge is 0.383 e. The monoisotopic (exact) mass is 475 g/mol. The van der Waals surface area contributed by atoms with Gasteiger partial charge in [-0.05, 0) is 31.2 Å². The fourth-order valence-corrected chi connectivity index (χ4v) is 6.00. The maximum Gasteiger partial charge on any atom is 0.228 e. The maximum absolute atomic E-state index is 13.3. The van der Waals surface area contributed by atoms with Gasteiger partial charge in [0.05, 0.1) is 30.8 Å². The van der Waals surface area contributed by atoms with Crippen LogP contribution in [0.15, 0.2) is 35.6 Å². The Morgan fingerprint density at radius 1 is 1.27 bits per heavy atom. The highest BCUT2D eigenvalue weighted by molar-refractivity contribution is 7.90. The second-order valence-electron chi connectivity index (χ2n) is 9.52. The van der Waals surface area contributed by atoms with Crippen molar-refractivity contribution >= 4 is 15.7 Å². The van der Waals surface area contributed by atoms with Crippen LogP contribution in [0, 0.1) is 18.8 Å². The Kier molecular flexibility index (Phi) is 8.70. The molecule has 2 aromatic rings. The molecule has 0 atom stereocenters. The average Bonchev–Trinajstić information content (AvgIpc) is 3.41. The van der Waals surface area contributed by atoms with Gasteiger partial charge in [0, 0.05) is 26.1 Å². The summed E-state index contributed by atoms with van der Waals surface area (Å²) >= 11 is 0. The summed E-state index contributed by atoms with van der Waals surface area (Å²) in [5, 5.41) is 0.0766. The first-order valence-corrected chi connectivity index (χ1v) is 13.5. The Morgan fingerprint density at radius 3 is 2.64 bits per heavy atom. The number of methoxy groups -OCH3 is 1. The maximum atomic E-state index is 13.3. The van der Waals surface area contributed by atoms with Crippen molar-refractivity contribution in [1.29, 1.82) is 0 Å². The number of ether oxygens (including phenoxy) is 1. The lowest BCUT2D eigenvalue weighted by Crippen LogP contribution is -2.38. The fourth-order valence-electron chi connectivity index (χ4n) is 4.51. The highest BCUT2D eigenvalue weighted by Crippen LogP contribution is 2.28. The number of hydrogen-bond donors (Lipinski definition) is 0. The first kappa shape index (κ1) is 25.4. The molecule has 1 aromatic heterocycles. The normalized spacial score (nSPS) is 14.8. The number of sulfone groups is 1. The quantitative estimate of drug-likeness (QED) is 0.491. The molecule has 1 saturated carbocycles. The van der Waals surface area contributed by atoms with E-state index in [1.165, 1.54) is 0 Å². The number of nitrogens with zero attached hydrogens (tertiary/aromatic N) is 3.